The lowest BCUT2D eigenvalue weighted by Gasteiger charge is -2.29. The van der Waals surface area contributed by atoms with E-state index in [1.54, 1.807) is 14.0 Å². The first-order valence-corrected chi connectivity index (χ1v) is 10.8. The number of carbonyl (C=O) groups excluding carboxylic acids is 2. The molecule has 2 amide bonds. The molecule has 30 heavy (non-hydrogen) atoms. The highest BCUT2D eigenvalue weighted by molar-refractivity contribution is 5.97. The molecule has 1 aliphatic heterocycles. The largest absolute Gasteiger partial charge is 0.496 e. The Kier molecular flexibility index (Phi) is 7.50. The van der Waals surface area contributed by atoms with Crippen molar-refractivity contribution in [2.75, 3.05) is 25.1 Å². The Morgan fingerprint density at radius 3 is 2.33 bits per heavy atom. The molecule has 0 aromatic heterocycles. The molecule has 0 spiro atoms. The fourth-order valence-electron chi connectivity index (χ4n) is 4.18. The summed E-state index contributed by atoms with van der Waals surface area (Å²) in [4.78, 5) is 29.7. The molecule has 3 rings (SSSR count). The number of rotatable bonds is 2. The Balaban J connectivity index is 1.98. The Morgan fingerprint density at radius 2 is 1.60 bits per heavy atom. The van der Waals surface area contributed by atoms with Crippen LogP contribution in [0.25, 0.3) is 0 Å². The molecule has 0 radical (unpaired) electrons. The normalized spacial score (nSPS) is 15.6. The Hall–Kier alpha value is -2.82. The predicted octanol–water partition coefficient (Wildman–Crippen LogP) is 4.96. The van der Waals surface area contributed by atoms with E-state index in [0.717, 1.165) is 48.9 Å². The van der Waals surface area contributed by atoms with Crippen LogP contribution in [0, 0.1) is 6.92 Å². The van der Waals surface area contributed by atoms with Gasteiger partial charge >= 0.3 is 0 Å². The second-order valence-corrected chi connectivity index (χ2v) is 7.95. The van der Waals surface area contributed by atoms with E-state index in [0.29, 0.717) is 30.9 Å². The van der Waals surface area contributed by atoms with Crippen molar-refractivity contribution in [1.29, 1.82) is 0 Å². The third-order valence-corrected chi connectivity index (χ3v) is 5.77. The molecule has 0 bridgehead atoms. The number of nitrogens with zero attached hydrogens (tertiary/aromatic N) is 2. The van der Waals surface area contributed by atoms with Crippen molar-refractivity contribution in [3.8, 4) is 5.75 Å². The number of fused-ring (bicyclic) bond motifs is 1. The van der Waals surface area contributed by atoms with Crippen LogP contribution in [-0.4, -0.2) is 36.9 Å². The van der Waals surface area contributed by atoms with Gasteiger partial charge in [0.2, 0.25) is 5.91 Å². The lowest BCUT2D eigenvalue weighted by Crippen LogP contribution is -2.35. The maximum Gasteiger partial charge on any atom is 0.257 e. The van der Waals surface area contributed by atoms with Gasteiger partial charge in [-0.3, -0.25) is 9.59 Å². The highest BCUT2D eigenvalue weighted by Crippen LogP contribution is 2.28. The fourth-order valence-corrected chi connectivity index (χ4v) is 4.18. The maximum absolute atomic E-state index is 13.5. The van der Waals surface area contributed by atoms with Gasteiger partial charge in [-0.1, -0.05) is 49.6 Å². The van der Waals surface area contributed by atoms with Crippen LogP contribution in [0.3, 0.4) is 0 Å². The molecule has 2 aromatic carbocycles. The van der Waals surface area contributed by atoms with Crippen molar-refractivity contribution in [3.63, 3.8) is 0 Å². The van der Waals surface area contributed by atoms with Gasteiger partial charge in [-0.2, -0.15) is 0 Å². The van der Waals surface area contributed by atoms with E-state index >= 15 is 0 Å². The third-order valence-electron chi connectivity index (χ3n) is 5.77. The van der Waals surface area contributed by atoms with Crippen LogP contribution in [-0.2, 0) is 11.3 Å². The minimum absolute atomic E-state index is 0.0308. The number of para-hydroxylation sites is 2. The number of aryl methyl sites for hydroxylation is 1. The molecular weight excluding hydrogens is 376 g/mol. The lowest BCUT2D eigenvalue weighted by atomic mass is 10.0. The van der Waals surface area contributed by atoms with Crippen LogP contribution < -0.4 is 9.64 Å². The number of ether oxygens (including phenoxy) is 1. The second kappa shape index (κ2) is 10.3. The van der Waals surface area contributed by atoms with E-state index < -0.39 is 0 Å². The van der Waals surface area contributed by atoms with Crippen LogP contribution in [0.4, 0.5) is 5.69 Å². The van der Waals surface area contributed by atoms with Gasteiger partial charge in [0, 0.05) is 32.2 Å². The summed E-state index contributed by atoms with van der Waals surface area (Å²) in [5.74, 6) is 0.641. The van der Waals surface area contributed by atoms with Gasteiger partial charge in [0.25, 0.3) is 5.91 Å². The van der Waals surface area contributed by atoms with Gasteiger partial charge in [-0.15, -0.1) is 0 Å². The second-order valence-electron chi connectivity index (χ2n) is 7.95. The van der Waals surface area contributed by atoms with E-state index in [2.05, 4.69) is 0 Å². The average Bonchev–Trinajstić information content (AvgIpc) is 2.73. The van der Waals surface area contributed by atoms with Gasteiger partial charge in [0.1, 0.15) is 5.75 Å². The first-order valence-electron chi connectivity index (χ1n) is 10.8. The molecule has 0 N–H and O–H groups in total. The molecule has 5 heteroatoms. The van der Waals surface area contributed by atoms with Crippen LogP contribution in [0.5, 0.6) is 5.75 Å². The molecule has 1 heterocycles. The van der Waals surface area contributed by atoms with Crippen molar-refractivity contribution in [2.45, 2.75) is 52.5 Å². The summed E-state index contributed by atoms with van der Waals surface area (Å²) in [5, 5.41) is 0. The zero-order valence-electron chi connectivity index (χ0n) is 18.3. The Labute approximate surface area is 179 Å². The highest BCUT2D eigenvalue weighted by atomic mass is 16.5. The molecule has 0 aliphatic carbocycles. The van der Waals surface area contributed by atoms with Crippen molar-refractivity contribution >= 4 is 17.5 Å². The van der Waals surface area contributed by atoms with Gasteiger partial charge in [-0.05, 0) is 43.0 Å². The van der Waals surface area contributed by atoms with Crippen molar-refractivity contribution in [3.05, 3.63) is 59.2 Å². The first-order chi connectivity index (χ1) is 14.5. The van der Waals surface area contributed by atoms with Gasteiger partial charge in [-0.25, -0.2) is 0 Å². The topological polar surface area (TPSA) is 49.9 Å². The number of benzene rings is 2. The summed E-state index contributed by atoms with van der Waals surface area (Å²) in [7, 11) is 1.61. The molecule has 160 valence electrons. The summed E-state index contributed by atoms with van der Waals surface area (Å²) in [6.07, 6.45) is 5.25. The zero-order chi connectivity index (χ0) is 21.5. The minimum Gasteiger partial charge on any atom is -0.496 e. The van der Waals surface area contributed by atoms with Crippen LogP contribution in [0.2, 0.25) is 0 Å². The molecule has 0 unspecified atom stereocenters. The van der Waals surface area contributed by atoms with Crippen LogP contribution in [0.15, 0.2) is 42.5 Å². The van der Waals surface area contributed by atoms with E-state index in [-0.39, 0.29) is 11.8 Å². The number of carbonyl (C=O) groups is 2. The summed E-state index contributed by atoms with van der Waals surface area (Å²) < 4.78 is 5.54. The SMILES string of the molecule is COc1c(C)cccc1C(=O)N1CCCCCCCN(C(C)=O)c2ccccc2C1. The fraction of sp³-hybridized carbons (Fsp3) is 0.440. The van der Waals surface area contributed by atoms with Crippen molar-refractivity contribution in [2.24, 2.45) is 0 Å². The predicted molar refractivity (Wildman–Crippen MR) is 120 cm³/mol. The first kappa shape index (κ1) is 21.9. The number of hydrogen-bond donors (Lipinski definition) is 0. The van der Waals surface area contributed by atoms with Crippen LogP contribution in [0.1, 0.15) is 60.5 Å². The molecule has 1 aliphatic rings. The summed E-state index contributed by atoms with van der Waals surface area (Å²) in [6.45, 7) is 5.43. The Morgan fingerprint density at radius 1 is 0.900 bits per heavy atom. The highest BCUT2D eigenvalue weighted by Gasteiger charge is 2.23. The maximum atomic E-state index is 13.5. The molecule has 5 nitrogen and oxygen atoms in total. The van der Waals surface area contributed by atoms with Gasteiger partial charge in [0.05, 0.1) is 12.7 Å². The standard InChI is InChI=1S/C25H32N2O3/c1-19-12-11-14-22(24(19)30-3)25(29)26-16-9-5-4-6-10-17-27(20(2)28)23-15-8-7-13-21(23)18-26/h7-8,11-15H,4-6,9-10,16-18H2,1-3H3. The third kappa shape index (κ3) is 5.02. The summed E-state index contributed by atoms with van der Waals surface area (Å²) in [6, 6.07) is 13.6. The number of amides is 2. The number of anilines is 1. The van der Waals surface area contributed by atoms with Crippen molar-refractivity contribution < 1.29 is 14.3 Å². The molecule has 0 atom stereocenters. The smallest absolute Gasteiger partial charge is 0.257 e. The van der Waals surface area contributed by atoms with Gasteiger partial charge < -0.3 is 14.5 Å². The summed E-state index contributed by atoms with van der Waals surface area (Å²) in [5.41, 5.74) is 3.43. The molecular formula is C25H32N2O3. The van der Waals surface area contributed by atoms with E-state index in [4.69, 9.17) is 4.74 Å². The summed E-state index contributed by atoms with van der Waals surface area (Å²) >= 11 is 0. The number of hydrogen-bond acceptors (Lipinski definition) is 3. The average molecular weight is 409 g/mol. The number of methoxy groups -OCH3 is 1. The van der Waals surface area contributed by atoms with Gasteiger partial charge in [0.15, 0.2) is 0 Å². The quantitative estimate of drug-likeness (QED) is 0.705. The van der Waals surface area contributed by atoms with E-state index in [1.807, 2.05) is 59.2 Å². The minimum atomic E-state index is -0.0308. The lowest BCUT2D eigenvalue weighted by molar-refractivity contribution is -0.116. The zero-order valence-corrected chi connectivity index (χ0v) is 18.3. The van der Waals surface area contributed by atoms with E-state index in [1.165, 1.54) is 0 Å². The molecule has 0 fully saturated rings. The molecule has 0 saturated heterocycles. The molecule has 2 aromatic rings. The Bertz CT molecular complexity index is 894. The van der Waals surface area contributed by atoms with Crippen molar-refractivity contribution in [1.82, 2.24) is 4.90 Å². The van der Waals surface area contributed by atoms with E-state index in [9.17, 15) is 9.59 Å². The van der Waals surface area contributed by atoms with Crippen LogP contribution >= 0.6 is 0 Å². The monoisotopic (exact) mass is 408 g/mol. The molecule has 0 saturated carbocycles.